The summed E-state index contributed by atoms with van der Waals surface area (Å²) in [7, 11) is 0. The summed E-state index contributed by atoms with van der Waals surface area (Å²) < 4.78 is 0. The van der Waals surface area contributed by atoms with Crippen LogP contribution in [0, 0.1) is 6.92 Å². The van der Waals surface area contributed by atoms with E-state index in [2.05, 4.69) is 34.5 Å². The Morgan fingerprint density at radius 2 is 2.06 bits per heavy atom. The van der Waals surface area contributed by atoms with Crippen molar-refractivity contribution in [3.63, 3.8) is 0 Å². The zero-order valence-electron chi connectivity index (χ0n) is 10.7. The van der Waals surface area contributed by atoms with Crippen LogP contribution in [0.25, 0.3) is 0 Å². The Morgan fingerprint density at radius 3 is 2.61 bits per heavy atom. The molecular formula is C13H18N4S. The Kier molecular flexibility index (Phi) is 4.41. The lowest BCUT2D eigenvalue weighted by Gasteiger charge is -2.13. The minimum Gasteiger partial charge on any atom is -0.271 e. The molecule has 0 saturated carbocycles. The fourth-order valence-corrected chi connectivity index (χ4v) is 2.76. The van der Waals surface area contributed by atoms with E-state index in [1.165, 1.54) is 9.75 Å². The van der Waals surface area contributed by atoms with Crippen molar-refractivity contribution >= 4 is 11.3 Å². The minimum atomic E-state index is 0.0152. The number of thiophene rings is 1. The van der Waals surface area contributed by atoms with Gasteiger partial charge in [0, 0.05) is 22.4 Å². The third-order valence-corrected chi connectivity index (χ3v) is 4.08. The first-order valence-electron chi connectivity index (χ1n) is 6.05. The van der Waals surface area contributed by atoms with Crippen LogP contribution in [0.1, 0.15) is 34.1 Å². The molecule has 0 amide bonds. The first-order valence-corrected chi connectivity index (χ1v) is 6.86. The molecule has 0 aliphatic heterocycles. The van der Waals surface area contributed by atoms with E-state index in [0.29, 0.717) is 0 Å². The molecule has 2 aromatic heterocycles. The highest BCUT2D eigenvalue weighted by atomic mass is 32.1. The van der Waals surface area contributed by atoms with Gasteiger partial charge in [0.2, 0.25) is 0 Å². The highest BCUT2D eigenvalue weighted by Gasteiger charge is 2.13. The predicted octanol–water partition coefficient (Wildman–Crippen LogP) is 2.16. The van der Waals surface area contributed by atoms with E-state index in [9.17, 15) is 0 Å². The topological polar surface area (TPSA) is 63.8 Å². The van der Waals surface area contributed by atoms with Gasteiger partial charge in [-0.15, -0.1) is 11.3 Å². The molecule has 2 rings (SSSR count). The number of nitrogens with two attached hydrogens (primary N) is 1. The maximum Gasteiger partial charge on any atom is 0.0773 e. The smallest absolute Gasteiger partial charge is 0.0773 e. The van der Waals surface area contributed by atoms with E-state index in [0.717, 1.165) is 24.2 Å². The molecule has 0 fully saturated rings. The van der Waals surface area contributed by atoms with Gasteiger partial charge in [-0.3, -0.25) is 21.2 Å². The van der Waals surface area contributed by atoms with Crippen molar-refractivity contribution in [2.75, 3.05) is 0 Å². The Balaban J connectivity index is 2.11. The number of hydrogen-bond donors (Lipinski definition) is 2. The molecule has 0 aliphatic carbocycles. The van der Waals surface area contributed by atoms with Crippen molar-refractivity contribution in [3.05, 3.63) is 45.7 Å². The van der Waals surface area contributed by atoms with E-state index in [1.807, 2.05) is 18.3 Å². The van der Waals surface area contributed by atoms with E-state index < -0.39 is 0 Å². The van der Waals surface area contributed by atoms with Crippen LogP contribution in [0.15, 0.2) is 24.5 Å². The number of hydrogen-bond acceptors (Lipinski definition) is 5. The molecule has 4 nitrogen and oxygen atoms in total. The molecule has 0 aliphatic rings. The first kappa shape index (κ1) is 13.1. The Hall–Kier alpha value is -1.30. The molecule has 0 aromatic carbocycles. The molecule has 3 N–H and O–H groups in total. The zero-order valence-corrected chi connectivity index (χ0v) is 11.5. The maximum absolute atomic E-state index is 5.62. The number of aromatic nitrogens is 2. The van der Waals surface area contributed by atoms with Crippen molar-refractivity contribution < 1.29 is 0 Å². The molecule has 96 valence electrons. The molecule has 18 heavy (non-hydrogen) atoms. The molecule has 0 spiro atoms. The average molecular weight is 262 g/mol. The summed E-state index contributed by atoms with van der Waals surface area (Å²) >= 11 is 1.83. The van der Waals surface area contributed by atoms with Crippen molar-refractivity contribution in [2.24, 2.45) is 5.84 Å². The Morgan fingerprint density at radius 1 is 1.28 bits per heavy atom. The van der Waals surface area contributed by atoms with E-state index >= 15 is 0 Å². The average Bonchev–Trinajstić information content (AvgIpc) is 2.85. The lowest BCUT2D eigenvalue weighted by molar-refractivity contribution is 0.539. The largest absolute Gasteiger partial charge is 0.271 e. The quantitative estimate of drug-likeness (QED) is 0.640. The van der Waals surface area contributed by atoms with Gasteiger partial charge >= 0.3 is 0 Å². The van der Waals surface area contributed by atoms with Crippen LogP contribution >= 0.6 is 11.3 Å². The van der Waals surface area contributed by atoms with E-state index in [-0.39, 0.29) is 6.04 Å². The van der Waals surface area contributed by atoms with Crippen LogP contribution in [0.4, 0.5) is 0 Å². The molecule has 0 radical (unpaired) electrons. The van der Waals surface area contributed by atoms with Crippen LogP contribution in [-0.4, -0.2) is 9.97 Å². The second kappa shape index (κ2) is 6.04. The van der Waals surface area contributed by atoms with Gasteiger partial charge in [-0.25, -0.2) is 0 Å². The van der Waals surface area contributed by atoms with Gasteiger partial charge in [0.15, 0.2) is 0 Å². The zero-order chi connectivity index (χ0) is 13.0. The third-order valence-electron chi connectivity index (χ3n) is 2.83. The highest BCUT2D eigenvalue weighted by molar-refractivity contribution is 7.11. The van der Waals surface area contributed by atoms with Crippen LogP contribution in [0.2, 0.25) is 0 Å². The third kappa shape index (κ3) is 3.13. The fourth-order valence-electron chi connectivity index (χ4n) is 1.75. The highest BCUT2D eigenvalue weighted by Crippen LogP contribution is 2.22. The van der Waals surface area contributed by atoms with Gasteiger partial charge in [-0.2, -0.15) is 0 Å². The van der Waals surface area contributed by atoms with Crippen molar-refractivity contribution in [1.29, 1.82) is 0 Å². The van der Waals surface area contributed by atoms with Gasteiger partial charge in [0.25, 0.3) is 0 Å². The van der Waals surface area contributed by atoms with Gasteiger partial charge in [0.1, 0.15) is 0 Å². The lowest BCUT2D eigenvalue weighted by atomic mass is 10.1. The SMILES string of the molecule is CCc1ccc(CC(NN)c2cnc(C)cn2)s1. The molecule has 5 heteroatoms. The predicted molar refractivity (Wildman–Crippen MR) is 74.2 cm³/mol. The van der Waals surface area contributed by atoms with Crippen LogP contribution < -0.4 is 11.3 Å². The van der Waals surface area contributed by atoms with Crippen LogP contribution in [0.5, 0.6) is 0 Å². The summed E-state index contributed by atoms with van der Waals surface area (Å²) in [6.45, 7) is 4.09. The summed E-state index contributed by atoms with van der Waals surface area (Å²) in [5.74, 6) is 5.62. The van der Waals surface area contributed by atoms with E-state index in [4.69, 9.17) is 5.84 Å². The summed E-state index contributed by atoms with van der Waals surface area (Å²) in [5, 5.41) is 0. The second-order valence-electron chi connectivity index (χ2n) is 4.23. The molecule has 2 heterocycles. The molecule has 0 saturated heterocycles. The van der Waals surface area contributed by atoms with Crippen molar-refractivity contribution in [3.8, 4) is 0 Å². The molecular weight excluding hydrogens is 244 g/mol. The molecule has 1 unspecified atom stereocenters. The molecule has 0 bridgehead atoms. The number of aryl methyl sites for hydroxylation is 2. The van der Waals surface area contributed by atoms with Gasteiger partial charge in [0.05, 0.1) is 23.6 Å². The van der Waals surface area contributed by atoms with E-state index in [1.54, 1.807) is 12.4 Å². The number of nitrogens with one attached hydrogen (secondary N) is 1. The summed E-state index contributed by atoms with van der Waals surface area (Å²) in [6.07, 6.45) is 5.48. The first-order chi connectivity index (χ1) is 8.72. The van der Waals surface area contributed by atoms with Crippen molar-refractivity contribution in [2.45, 2.75) is 32.7 Å². The second-order valence-corrected chi connectivity index (χ2v) is 5.48. The van der Waals surface area contributed by atoms with Gasteiger partial charge < -0.3 is 0 Å². The monoisotopic (exact) mass is 262 g/mol. The normalized spacial score (nSPS) is 12.6. The van der Waals surface area contributed by atoms with Crippen LogP contribution in [-0.2, 0) is 12.8 Å². The maximum atomic E-state index is 5.62. The van der Waals surface area contributed by atoms with Crippen molar-refractivity contribution in [1.82, 2.24) is 15.4 Å². The lowest BCUT2D eigenvalue weighted by Crippen LogP contribution is -2.30. The summed E-state index contributed by atoms with van der Waals surface area (Å²) in [4.78, 5) is 11.3. The molecule has 2 aromatic rings. The van der Waals surface area contributed by atoms with Gasteiger partial charge in [-0.05, 0) is 25.5 Å². The number of rotatable bonds is 5. The summed E-state index contributed by atoms with van der Waals surface area (Å²) in [5.41, 5.74) is 4.62. The number of nitrogens with zero attached hydrogens (tertiary/aromatic N) is 2. The fraction of sp³-hybridized carbons (Fsp3) is 0.385. The summed E-state index contributed by atoms with van der Waals surface area (Å²) in [6, 6.07) is 4.35. The number of hydrazine groups is 1. The van der Waals surface area contributed by atoms with Crippen LogP contribution in [0.3, 0.4) is 0 Å². The molecule has 1 atom stereocenters. The minimum absolute atomic E-state index is 0.0152. The Labute approximate surface area is 111 Å². The standard InChI is InChI=1S/C13H18N4S/c1-3-10-4-5-11(18-10)6-12(17-14)13-8-15-9(2)7-16-13/h4-5,7-8,12,17H,3,6,14H2,1-2H3. The van der Waals surface area contributed by atoms with Gasteiger partial charge in [-0.1, -0.05) is 6.92 Å². The Bertz CT molecular complexity index is 492.